The van der Waals surface area contributed by atoms with E-state index in [0.717, 1.165) is 12.8 Å². The molecule has 24 heavy (non-hydrogen) atoms. The first-order valence-electron chi connectivity index (χ1n) is 8.31. The Bertz CT molecular complexity index is 657. The van der Waals surface area contributed by atoms with E-state index >= 15 is 0 Å². The molecule has 6 nitrogen and oxygen atoms in total. The van der Waals surface area contributed by atoms with Crippen molar-refractivity contribution in [2.45, 2.75) is 57.9 Å². The summed E-state index contributed by atoms with van der Waals surface area (Å²) >= 11 is 0. The fraction of sp³-hybridized carbons (Fsp3) is 0.588. The molecule has 0 radical (unpaired) electrons. The number of hydrogen-bond acceptors (Lipinski definition) is 4. The van der Waals surface area contributed by atoms with Crippen LogP contribution in [0.3, 0.4) is 0 Å². The summed E-state index contributed by atoms with van der Waals surface area (Å²) in [6, 6.07) is 4.24. The van der Waals surface area contributed by atoms with Crippen LogP contribution in [0.2, 0.25) is 0 Å². The van der Waals surface area contributed by atoms with Gasteiger partial charge in [-0.25, -0.2) is 17.9 Å². The van der Waals surface area contributed by atoms with Gasteiger partial charge in [-0.15, -0.1) is 0 Å². The Morgan fingerprint density at radius 1 is 1.21 bits per heavy atom. The minimum atomic E-state index is -3.78. The van der Waals surface area contributed by atoms with Gasteiger partial charge in [-0.1, -0.05) is 27.2 Å². The van der Waals surface area contributed by atoms with Gasteiger partial charge in [0.25, 0.3) is 0 Å². The molecule has 0 saturated heterocycles. The van der Waals surface area contributed by atoms with Gasteiger partial charge in [-0.3, -0.25) is 0 Å². The minimum Gasteiger partial charge on any atom is -0.478 e. The maximum atomic E-state index is 12.6. The summed E-state index contributed by atoms with van der Waals surface area (Å²) in [5, 5.41) is 12.3. The number of aromatic carboxylic acids is 1. The highest BCUT2D eigenvalue weighted by Gasteiger charge is 2.21. The van der Waals surface area contributed by atoms with Crippen LogP contribution in [0, 0.1) is 5.92 Å². The second-order valence-electron chi connectivity index (χ2n) is 6.43. The van der Waals surface area contributed by atoms with Crippen LogP contribution in [0.5, 0.6) is 0 Å². The SMILES string of the molecule is CCCC(C)Nc1ccc(C(=O)O)cc1S(=O)(=O)NCCC(C)C. The Kier molecular flexibility index (Phi) is 7.69. The van der Waals surface area contributed by atoms with E-state index in [-0.39, 0.29) is 16.5 Å². The van der Waals surface area contributed by atoms with E-state index in [9.17, 15) is 13.2 Å². The van der Waals surface area contributed by atoms with Crippen molar-refractivity contribution in [3.05, 3.63) is 23.8 Å². The maximum Gasteiger partial charge on any atom is 0.335 e. The van der Waals surface area contributed by atoms with Crippen molar-refractivity contribution in [1.82, 2.24) is 4.72 Å². The maximum absolute atomic E-state index is 12.6. The summed E-state index contributed by atoms with van der Waals surface area (Å²) < 4.78 is 27.8. The second-order valence-corrected chi connectivity index (χ2v) is 8.17. The van der Waals surface area contributed by atoms with Crippen molar-refractivity contribution in [2.75, 3.05) is 11.9 Å². The fourth-order valence-corrected chi connectivity index (χ4v) is 3.57. The molecule has 0 aliphatic carbocycles. The normalized spacial score (nSPS) is 13.0. The molecule has 7 heteroatoms. The summed E-state index contributed by atoms with van der Waals surface area (Å²) in [6.45, 7) is 8.37. The lowest BCUT2D eigenvalue weighted by Crippen LogP contribution is -2.27. The van der Waals surface area contributed by atoms with Crippen molar-refractivity contribution in [3.63, 3.8) is 0 Å². The third-order valence-corrected chi connectivity index (χ3v) is 5.16. The van der Waals surface area contributed by atoms with E-state index < -0.39 is 16.0 Å². The molecule has 0 bridgehead atoms. The smallest absolute Gasteiger partial charge is 0.335 e. The molecule has 136 valence electrons. The largest absolute Gasteiger partial charge is 0.478 e. The second kappa shape index (κ2) is 9.03. The molecule has 0 aliphatic rings. The zero-order valence-electron chi connectivity index (χ0n) is 14.8. The third kappa shape index (κ3) is 6.13. The first kappa shape index (κ1) is 20.4. The van der Waals surface area contributed by atoms with Gasteiger partial charge in [0.05, 0.1) is 11.3 Å². The predicted octanol–water partition coefficient (Wildman–Crippen LogP) is 3.31. The number of rotatable bonds is 10. The molecule has 0 aromatic heterocycles. The molecular weight excluding hydrogens is 328 g/mol. The molecule has 0 aliphatic heterocycles. The van der Waals surface area contributed by atoms with Crippen LogP contribution in [0.4, 0.5) is 5.69 Å². The lowest BCUT2D eigenvalue weighted by molar-refractivity contribution is 0.0696. The third-order valence-electron chi connectivity index (χ3n) is 3.66. The number of anilines is 1. The highest BCUT2D eigenvalue weighted by molar-refractivity contribution is 7.89. The van der Waals surface area contributed by atoms with Crippen LogP contribution in [0.25, 0.3) is 0 Å². The summed E-state index contributed by atoms with van der Waals surface area (Å²) in [4.78, 5) is 11.2. The van der Waals surface area contributed by atoms with Gasteiger partial charge in [0.2, 0.25) is 10.0 Å². The lowest BCUT2D eigenvalue weighted by Gasteiger charge is -2.18. The van der Waals surface area contributed by atoms with Crippen LogP contribution in [-0.2, 0) is 10.0 Å². The first-order chi connectivity index (χ1) is 11.2. The predicted molar refractivity (Wildman–Crippen MR) is 96.0 cm³/mol. The van der Waals surface area contributed by atoms with Gasteiger partial charge in [-0.2, -0.15) is 0 Å². The molecule has 0 amide bonds. The number of carbonyl (C=O) groups is 1. The quantitative estimate of drug-likeness (QED) is 0.598. The van der Waals surface area contributed by atoms with Crippen molar-refractivity contribution in [2.24, 2.45) is 5.92 Å². The molecule has 3 N–H and O–H groups in total. The number of benzene rings is 1. The average molecular weight is 356 g/mol. The standard InChI is InChI=1S/C17H28N2O4S/c1-5-6-13(4)19-15-8-7-14(17(20)21)11-16(15)24(22,23)18-10-9-12(2)3/h7-8,11-13,18-19H,5-6,9-10H2,1-4H3,(H,20,21). The van der Waals surface area contributed by atoms with E-state index in [4.69, 9.17) is 5.11 Å². The van der Waals surface area contributed by atoms with E-state index in [1.165, 1.54) is 18.2 Å². The first-order valence-corrected chi connectivity index (χ1v) is 9.79. The number of carboxylic acid groups (broad SMARTS) is 1. The van der Waals surface area contributed by atoms with Crippen LogP contribution in [-0.4, -0.2) is 32.1 Å². The Morgan fingerprint density at radius 2 is 1.88 bits per heavy atom. The number of nitrogens with one attached hydrogen (secondary N) is 2. The van der Waals surface area contributed by atoms with Gasteiger partial charge >= 0.3 is 5.97 Å². The van der Waals surface area contributed by atoms with Gasteiger partial charge < -0.3 is 10.4 Å². The number of hydrogen-bond donors (Lipinski definition) is 3. The van der Waals surface area contributed by atoms with E-state index in [1.807, 2.05) is 20.8 Å². The molecule has 1 aromatic carbocycles. The summed E-state index contributed by atoms with van der Waals surface area (Å²) in [5.41, 5.74) is 0.380. The Balaban J connectivity index is 3.14. The van der Waals surface area contributed by atoms with Gasteiger partial charge in [-0.05, 0) is 43.9 Å². The minimum absolute atomic E-state index is 0.0193. The molecule has 0 heterocycles. The van der Waals surface area contributed by atoms with Gasteiger partial charge in [0.15, 0.2) is 0 Å². The Morgan fingerprint density at radius 3 is 2.42 bits per heavy atom. The summed E-state index contributed by atoms with van der Waals surface area (Å²) in [6.07, 6.45) is 2.57. The van der Waals surface area contributed by atoms with Crippen LogP contribution >= 0.6 is 0 Å². The van der Waals surface area contributed by atoms with Crippen molar-refractivity contribution in [3.8, 4) is 0 Å². The zero-order chi connectivity index (χ0) is 18.3. The topological polar surface area (TPSA) is 95.5 Å². The summed E-state index contributed by atoms with van der Waals surface area (Å²) in [5.74, 6) is -0.776. The Labute approximate surface area is 144 Å². The van der Waals surface area contributed by atoms with Crippen molar-refractivity contribution < 1.29 is 18.3 Å². The highest BCUT2D eigenvalue weighted by atomic mass is 32.2. The fourth-order valence-electron chi connectivity index (χ4n) is 2.33. The van der Waals surface area contributed by atoms with Crippen LogP contribution < -0.4 is 10.0 Å². The summed E-state index contributed by atoms with van der Waals surface area (Å²) in [7, 11) is -3.78. The molecule has 0 spiro atoms. The number of sulfonamides is 1. The average Bonchev–Trinajstić information content (AvgIpc) is 2.46. The molecule has 0 fully saturated rings. The molecule has 1 aromatic rings. The van der Waals surface area contributed by atoms with E-state index in [0.29, 0.717) is 24.6 Å². The zero-order valence-corrected chi connectivity index (χ0v) is 15.6. The monoisotopic (exact) mass is 356 g/mol. The molecule has 0 saturated carbocycles. The van der Waals surface area contributed by atoms with Gasteiger partial charge in [0.1, 0.15) is 4.90 Å². The number of carboxylic acids is 1. The van der Waals surface area contributed by atoms with E-state index in [1.54, 1.807) is 0 Å². The molecule has 1 atom stereocenters. The molecule has 1 rings (SSSR count). The van der Waals surface area contributed by atoms with Crippen LogP contribution in [0.15, 0.2) is 23.1 Å². The molecule has 1 unspecified atom stereocenters. The lowest BCUT2D eigenvalue weighted by atomic mass is 10.1. The van der Waals surface area contributed by atoms with Crippen molar-refractivity contribution >= 4 is 21.7 Å². The Hall–Kier alpha value is -1.60. The highest BCUT2D eigenvalue weighted by Crippen LogP contribution is 2.24. The molecular formula is C17H28N2O4S. The van der Waals surface area contributed by atoms with Crippen LogP contribution in [0.1, 0.15) is 57.3 Å². The van der Waals surface area contributed by atoms with Crippen molar-refractivity contribution in [1.29, 1.82) is 0 Å². The van der Waals surface area contributed by atoms with E-state index in [2.05, 4.69) is 17.0 Å². The van der Waals surface area contributed by atoms with Gasteiger partial charge in [0, 0.05) is 12.6 Å².